The largest absolute Gasteiger partial charge is 0.481 e. The van der Waals surface area contributed by atoms with Crippen LogP contribution in [-0.4, -0.2) is 35.1 Å². The molecule has 15 heavy (non-hydrogen) atoms. The lowest BCUT2D eigenvalue weighted by Gasteiger charge is -2.04. The van der Waals surface area contributed by atoms with E-state index >= 15 is 0 Å². The molecule has 0 amide bonds. The summed E-state index contributed by atoms with van der Waals surface area (Å²) in [7, 11) is 3.95. The van der Waals surface area contributed by atoms with Gasteiger partial charge in [0.15, 0.2) is 0 Å². The molecule has 1 rings (SSSR count). The number of rotatable bonds is 5. The summed E-state index contributed by atoms with van der Waals surface area (Å²) in [5.74, 6) is -0.787. The van der Waals surface area contributed by atoms with Gasteiger partial charge in [0, 0.05) is 11.4 Å². The van der Waals surface area contributed by atoms with Crippen molar-refractivity contribution in [1.29, 1.82) is 0 Å². The third-order valence-electron chi connectivity index (χ3n) is 1.92. The average molecular weight is 228 g/mol. The van der Waals surface area contributed by atoms with Crippen LogP contribution in [0.25, 0.3) is 0 Å². The zero-order chi connectivity index (χ0) is 11.4. The highest BCUT2D eigenvalue weighted by Gasteiger charge is 2.12. The number of carboxylic acids is 1. The highest BCUT2D eigenvalue weighted by molar-refractivity contribution is 7.11. The van der Waals surface area contributed by atoms with Crippen molar-refractivity contribution in [3.05, 3.63) is 15.6 Å². The average Bonchev–Trinajstić information content (AvgIpc) is 2.45. The lowest BCUT2D eigenvalue weighted by molar-refractivity contribution is -0.136. The number of aryl methyl sites for hydroxylation is 1. The normalized spacial score (nSPS) is 10.9. The minimum Gasteiger partial charge on any atom is -0.481 e. The number of thiazole rings is 1. The van der Waals surface area contributed by atoms with Crippen molar-refractivity contribution in [2.45, 2.75) is 26.3 Å². The van der Waals surface area contributed by atoms with E-state index < -0.39 is 5.97 Å². The van der Waals surface area contributed by atoms with E-state index in [1.54, 1.807) is 0 Å². The van der Waals surface area contributed by atoms with Gasteiger partial charge in [-0.1, -0.05) is 6.92 Å². The van der Waals surface area contributed by atoms with Crippen LogP contribution in [-0.2, 0) is 24.2 Å². The molecule has 0 atom stereocenters. The predicted octanol–water partition coefficient (Wildman–Crippen LogP) is 1.39. The molecule has 0 saturated heterocycles. The predicted molar refractivity (Wildman–Crippen MR) is 60.2 cm³/mol. The van der Waals surface area contributed by atoms with Gasteiger partial charge in [0.05, 0.1) is 12.1 Å². The molecule has 0 aliphatic carbocycles. The molecule has 0 unspecified atom stereocenters. The second kappa shape index (κ2) is 5.23. The fraction of sp³-hybridized carbons (Fsp3) is 0.600. The van der Waals surface area contributed by atoms with Crippen LogP contribution in [0, 0.1) is 0 Å². The van der Waals surface area contributed by atoms with Crippen molar-refractivity contribution in [2.24, 2.45) is 0 Å². The SMILES string of the molecule is CCc1nc(CN(C)C)sc1CC(=O)O. The van der Waals surface area contributed by atoms with Crippen molar-refractivity contribution in [1.82, 2.24) is 9.88 Å². The van der Waals surface area contributed by atoms with E-state index in [1.807, 2.05) is 25.9 Å². The lowest BCUT2D eigenvalue weighted by atomic mass is 10.2. The summed E-state index contributed by atoms with van der Waals surface area (Å²) in [5, 5.41) is 9.74. The Balaban J connectivity index is 2.84. The van der Waals surface area contributed by atoms with Crippen molar-refractivity contribution in [3.63, 3.8) is 0 Å². The van der Waals surface area contributed by atoms with Crippen LogP contribution in [0.1, 0.15) is 22.5 Å². The number of nitrogens with zero attached hydrogens (tertiary/aromatic N) is 2. The van der Waals surface area contributed by atoms with Gasteiger partial charge in [-0.2, -0.15) is 0 Å². The van der Waals surface area contributed by atoms with Crippen LogP contribution in [0.4, 0.5) is 0 Å². The molecule has 0 spiro atoms. The zero-order valence-electron chi connectivity index (χ0n) is 9.28. The standard InChI is InChI=1S/C10H16N2O2S/c1-4-7-8(5-10(13)14)15-9(11-7)6-12(2)3/h4-6H2,1-3H3,(H,13,14). The second-order valence-corrected chi connectivity index (χ2v) is 4.81. The first-order chi connectivity index (χ1) is 7.02. The molecule has 0 aromatic carbocycles. The van der Waals surface area contributed by atoms with Crippen LogP contribution in [0.15, 0.2) is 0 Å². The van der Waals surface area contributed by atoms with Gasteiger partial charge in [-0.25, -0.2) is 4.98 Å². The van der Waals surface area contributed by atoms with Gasteiger partial charge < -0.3 is 10.0 Å². The highest BCUT2D eigenvalue weighted by Crippen LogP contribution is 2.20. The minimum absolute atomic E-state index is 0.0915. The van der Waals surface area contributed by atoms with Gasteiger partial charge in [0.1, 0.15) is 5.01 Å². The molecule has 1 aromatic rings. The minimum atomic E-state index is -0.787. The van der Waals surface area contributed by atoms with E-state index in [0.29, 0.717) is 0 Å². The van der Waals surface area contributed by atoms with Gasteiger partial charge in [-0.3, -0.25) is 4.79 Å². The number of aromatic nitrogens is 1. The van der Waals surface area contributed by atoms with Crippen LogP contribution in [0.5, 0.6) is 0 Å². The number of aliphatic carboxylic acids is 1. The molecule has 0 radical (unpaired) electrons. The van der Waals surface area contributed by atoms with Crippen molar-refractivity contribution < 1.29 is 9.90 Å². The molecule has 0 aliphatic rings. The fourth-order valence-corrected chi connectivity index (χ4v) is 2.59. The number of hydrogen-bond donors (Lipinski definition) is 1. The summed E-state index contributed by atoms with van der Waals surface area (Å²) < 4.78 is 0. The van der Waals surface area contributed by atoms with Crippen LogP contribution >= 0.6 is 11.3 Å². The number of carboxylic acid groups (broad SMARTS) is 1. The van der Waals surface area contributed by atoms with E-state index in [0.717, 1.165) is 28.5 Å². The molecular formula is C10H16N2O2S. The molecular weight excluding hydrogens is 212 g/mol. The first-order valence-corrected chi connectivity index (χ1v) is 5.68. The molecule has 0 saturated carbocycles. The van der Waals surface area contributed by atoms with E-state index in [-0.39, 0.29) is 6.42 Å². The number of carbonyl (C=O) groups is 1. The Kier molecular flexibility index (Phi) is 4.23. The maximum atomic E-state index is 10.6. The Bertz CT molecular complexity index is 347. The van der Waals surface area contributed by atoms with Crippen LogP contribution in [0.3, 0.4) is 0 Å². The quantitative estimate of drug-likeness (QED) is 0.827. The lowest BCUT2D eigenvalue weighted by Crippen LogP contribution is -2.10. The Hall–Kier alpha value is -0.940. The number of hydrogen-bond acceptors (Lipinski definition) is 4. The van der Waals surface area contributed by atoms with Crippen LogP contribution < -0.4 is 0 Å². The molecule has 1 aromatic heterocycles. The smallest absolute Gasteiger partial charge is 0.308 e. The molecule has 0 fully saturated rings. The molecule has 0 bridgehead atoms. The summed E-state index contributed by atoms with van der Waals surface area (Å²) in [4.78, 5) is 18.0. The Morgan fingerprint density at radius 3 is 2.67 bits per heavy atom. The van der Waals surface area contributed by atoms with Gasteiger partial charge in [-0.05, 0) is 20.5 Å². The van der Waals surface area contributed by atoms with Crippen LogP contribution in [0.2, 0.25) is 0 Å². The molecule has 1 N–H and O–H groups in total. The summed E-state index contributed by atoms with van der Waals surface area (Å²) in [6, 6.07) is 0. The first kappa shape index (κ1) is 12.1. The van der Waals surface area contributed by atoms with Crippen molar-refractivity contribution in [2.75, 3.05) is 14.1 Å². The second-order valence-electron chi connectivity index (χ2n) is 3.64. The Morgan fingerprint density at radius 2 is 2.20 bits per heavy atom. The molecule has 5 heteroatoms. The Morgan fingerprint density at radius 1 is 1.53 bits per heavy atom. The summed E-state index contributed by atoms with van der Waals surface area (Å²) in [6.45, 7) is 2.77. The van der Waals surface area contributed by atoms with Crippen molar-refractivity contribution >= 4 is 17.3 Å². The zero-order valence-corrected chi connectivity index (χ0v) is 10.1. The Labute approximate surface area is 93.6 Å². The maximum absolute atomic E-state index is 10.6. The third kappa shape index (κ3) is 3.60. The van der Waals surface area contributed by atoms with E-state index in [9.17, 15) is 4.79 Å². The van der Waals surface area contributed by atoms with Gasteiger partial charge in [0.25, 0.3) is 0 Å². The first-order valence-electron chi connectivity index (χ1n) is 4.87. The van der Waals surface area contributed by atoms with E-state index in [1.165, 1.54) is 11.3 Å². The monoisotopic (exact) mass is 228 g/mol. The summed E-state index contributed by atoms with van der Waals surface area (Å²) in [5.41, 5.74) is 0.930. The third-order valence-corrected chi connectivity index (χ3v) is 3.00. The fourth-order valence-electron chi connectivity index (χ4n) is 1.33. The summed E-state index contributed by atoms with van der Waals surface area (Å²) >= 11 is 1.51. The molecule has 4 nitrogen and oxygen atoms in total. The molecule has 1 heterocycles. The van der Waals surface area contributed by atoms with E-state index in [4.69, 9.17) is 5.11 Å². The highest BCUT2D eigenvalue weighted by atomic mass is 32.1. The molecule has 84 valence electrons. The van der Waals surface area contributed by atoms with Gasteiger partial charge >= 0.3 is 5.97 Å². The van der Waals surface area contributed by atoms with Crippen molar-refractivity contribution in [3.8, 4) is 0 Å². The topological polar surface area (TPSA) is 53.4 Å². The van der Waals surface area contributed by atoms with Gasteiger partial charge in [-0.15, -0.1) is 11.3 Å². The maximum Gasteiger partial charge on any atom is 0.308 e. The van der Waals surface area contributed by atoms with Gasteiger partial charge in [0.2, 0.25) is 0 Å². The van der Waals surface area contributed by atoms with E-state index in [2.05, 4.69) is 4.98 Å². The molecule has 0 aliphatic heterocycles. The summed E-state index contributed by atoms with van der Waals surface area (Å²) in [6.07, 6.45) is 0.890.